The van der Waals surface area contributed by atoms with Gasteiger partial charge < -0.3 is 5.11 Å². The summed E-state index contributed by atoms with van der Waals surface area (Å²) in [7, 11) is 0. The van der Waals surface area contributed by atoms with E-state index in [1.807, 2.05) is 6.07 Å². The van der Waals surface area contributed by atoms with E-state index in [1.165, 1.54) is 5.56 Å². The van der Waals surface area contributed by atoms with E-state index >= 15 is 0 Å². The molecular weight excluding hydrogens is 190 g/mol. The second-order valence-corrected chi connectivity index (χ2v) is 3.58. The minimum atomic E-state index is -0.598. The Bertz CT molecular complexity index is 249. The summed E-state index contributed by atoms with van der Waals surface area (Å²) in [6.07, 6.45) is 2.58. The molecule has 2 N–H and O–H groups in total. The van der Waals surface area contributed by atoms with E-state index in [2.05, 4.69) is 29.7 Å². The van der Waals surface area contributed by atoms with Gasteiger partial charge in [0, 0.05) is 0 Å². The van der Waals surface area contributed by atoms with Crippen LogP contribution in [-0.4, -0.2) is 17.9 Å². The number of hydrogen-bond acceptors (Lipinski definition) is 3. The van der Waals surface area contributed by atoms with Gasteiger partial charge in [0.05, 0.1) is 6.61 Å². The molecule has 0 amide bonds. The van der Waals surface area contributed by atoms with Crippen molar-refractivity contribution in [2.45, 2.75) is 32.4 Å². The molecule has 1 aromatic carbocycles. The van der Waals surface area contributed by atoms with Gasteiger partial charge in [0.2, 0.25) is 0 Å². The lowest BCUT2D eigenvalue weighted by Gasteiger charge is -2.07. The minimum absolute atomic E-state index is 0.598. The highest BCUT2D eigenvalue weighted by molar-refractivity contribution is 5.14. The second kappa shape index (κ2) is 7.40. The number of rotatable bonds is 7. The lowest BCUT2D eigenvalue weighted by atomic mass is 10.1. The van der Waals surface area contributed by atoms with Crippen LogP contribution in [0.25, 0.3) is 0 Å². The maximum Gasteiger partial charge on any atom is 0.124 e. The van der Waals surface area contributed by atoms with Crippen LogP contribution in [0.3, 0.4) is 0 Å². The van der Waals surface area contributed by atoms with Crippen molar-refractivity contribution in [2.75, 3.05) is 6.61 Å². The first-order valence-corrected chi connectivity index (χ1v) is 5.38. The van der Waals surface area contributed by atoms with Gasteiger partial charge in [-0.1, -0.05) is 30.3 Å². The third kappa shape index (κ3) is 6.23. The number of aliphatic hydroxyl groups is 1. The molecule has 0 bridgehead atoms. The standard InChI is InChI=1S/C12H19NO2/c1-11(14)13-15-10-6-5-9-12-7-3-2-4-8-12/h2-4,7-8,11,13-14H,5-6,9-10H2,1H3. The number of aryl methyl sites for hydroxylation is 1. The van der Waals surface area contributed by atoms with Crippen molar-refractivity contribution in [3.05, 3.63) is 35.9 Å². The molecule has 0 radical (unpaired) electrons. The van der Waals surface area contributed by atoms with Crippen molar-refractivity contribution >= 4 is 0 Å². The third-order valence-electron chi connectivity index (χ3n) is 2.06. The molecule has 0 aliphatic carbocycles. The lowest BCUT2D eigenvalue weighted by molar-refractivity contribution is -0.0493. The Kier molecular flexibility index (Phi) is 6.00. The lowest BCUT2D eigenvalue weighted by Crippen LogP contribution is -2.25. The highest BCUT2D eigenvalue weighted by Gasteiger charge is 1.94. The van der Waals surface area contributed by atoms with Crippen LogP contribution < -0.4 is 5.48 Å². The van der Waals surface area contributed by atoms with Gasteiger partial charge in [-0.2, -0.15) is 5.48 Å². The van der Waals surface area contributed by atoms with Crippen molar-refractivity contribution in [3.8, 4) is 0 Å². The number of nitrogens with one attached hydrogen (secondary N) is 1. The highest BCUT2D eigenvalue weighted by atomic mass is 16.7. The monoisotopic (exact) mass is 209 g/mol. The van der Waals surface area contributed by atoms with E-state index in [9.17, 15) is 0 Å². The van der Waals surface area contributed by atoms with Gasteiger partial charge in [-0.25, -0.2) is 0 Å². The topological polar surface area (TPSA) is 41.5 Å². The zero-order valence-corrected chi connectivity index (χ0v) is 9.15. The van der Waals surface area contributed by atoms with Crippen LogP contribution in [0.4, 0.5) is 0 Å². The Labute approximate surface area is 91.0 Å². The van der Waals surface area contributed by atoms with Crippen LogP contribution in [0, 0.1) is 0 Å². The van der Waals surface area contributed by atoms with Crippen LogP contribution in [0.2, 0.25) is 0 Å². The summed E-state index contributed by atoms with van der Waals surface area (Å²) in [5, 5.41) is 8.85. The van der Waals surface area contributed by atoms with Crippen LogP contribution >= 0.6 is 0 Å². The molecule has 0 fully saturated rings. The fourth-order valence-electron chi connectivity index (χ4n) is 1.33. The molecule has 0 aliphatic heterocycles. The molecular formula is C12H19NO2. The Morgan fingerprint density at radius 2 is 2.00 bits per heavy atom. The number of unbranched alkanes of at least 4 members (excludes halogenated alkanes) is 1. The second-order valence-electron chi connectivity index (χ2n) is 3.58. The minimum Gasteiger partial charge on any atom is -0.377 e. The fraction of sp³-hybridized carbons (Fsp3) is 0.500. The van der Waals surface area contributed by atoms with E-state index < -0.39 is 6.23 Å². The van der Waals surface area contributed by atoms with Crippen LogP contribution in [-0.2, 0) is 11.3 Å². The molecule has 0 aromatic heterocycles. The smallest absolute Gasteiger partial charge is 0.124 e. The Morgan fingerprint density at radius 3 is 2.67 bits per heavy atom. The molecule has 3 heteroatoms. The van der Waals surface area contributed by atoms with Crippen molar-refractivity contribution in [1.82, 2.24) is 5.48 Å². The van der Waals surface area contributed by atoms with E-state index in [-0.39, 0.29) is 0 Å². The van der Waals surface area contributed by atoms with Crippen molar-refractivity contribution in [3.63, 3.8) is 0 Å². The maximum absolute atomic E-state index is 8.85. The van der Waals surface area contributed by atoms with E-state index in [1.54, 1.807) is 6.92 Å². The van der Waals surface area contributed by atoms with E-state index in [4.69, 9.17) is 9.94 Å². The van der Waals surface area contributed by atoms with Crippen LogP contribution in [0.5, 0.6) is 0 Å². The molecule has 0 saturated carbocycles. The zero-order valence-electron chi connectivity index (χ0n) is 9.15. The fourth-order valence-corrected chi connectivity index (χ4v) is 1.33. The number of hydrogen-bond donors (Lipinski definition) is 2. The molecule has 0 heterocycles. The molecule has 1 unspecified atom stereocenters. The average molecular weight is 209 g/mol. The summed E-state index contributed by atoms with van der Waals surface area (Å²) in [4.78, 5) is 5.03. The Balaban J connectivity index is 1.98. The van der Waals surface area contributed by atoms with Gasteiger partial charge in [-0.05, 0) is 31.7 Å². The number of hydroxylamine groups is 1. The van der Waals surface area contributed by atoms with Gasteiger partial charge in [-0.3, -0.25) is 4.84 Å². The van der Waals surface area contributed by atoms with Crippen molar-refractivity contribution < 1.29 is 9.94 Å². The first-order chi connectivity index (χ1) is 7.29. The first kappa shape index (κ1) is 12.2. The number of benzene rings is 1. The molecule has 0 saturated heterocycles. The molecule has 0 aliphatic rings. The van der Waals surface area contributed by atoms with Gasteiger partial charge in [0.25, 0.3) is 0 Å². The summed E-state index contributed by atoms with van der Waals surface area (Å²) in [5.41, 5.74) is 3.86. The van der Waals surface area contributed by atoms with E-state index in [0.29, 0.717) is 6.61 Å². The van der Waals surface area contributed by atoms with Crippen LogP contribution in [0.15, 0.2) is 30.3 Å². The summed E-state index contributed by atoms with van der Waals surface area (Å²) >= 11 is 0. The first-order valence-electron chi connectivity index (χ1n) is 5.38. The normalized spacial score (nSPS) is 12.7. The highest BCUT2D eigenvalue weighted by Crippen LogP contribution is 2.04. The maximum atomic E-state index is 8.85. The Morgan fingerprint density at radius 1 is 1.27 bits per heavy atom. The number of aliphatic hydroxyl groups excluding tert-OH is 1. The molecule has 1 atom stereocenters. The van der Waals surface area contributed by atoms with Crippen LogP contribution in [0.1, 0.15) is 25.3 Å². The predicted octanol–water partition coefficient (Wildman–Crippen LogP) is 1.87. The van der Waals surface area contributed by atoms with Gasteiger partial charge in [-0.15, -0.1) is 0 Å². The average Bonchev–Trinajstić information content (AvgIpc) is 2.24. The summed E-state index contributed by atoms with van der Waals surface area (Å²) in [6.45, 7) is 2.27. The molecule has 84 valence electrons. The summed E-state index contributed by atoms with van der Waals surface area (Å²) < 4.78 is 0. The molecule has 1 rings (SSSR count). The summed E-state index contributed by atoms with van der Waals surface area (Å²) in [5.74, 6) is 0. The largest absolute Gasteiger partial charge is 0.377 e. The van der Waals surface area contributed by atoms with Gasteiger partial charge in [0.1, 0.15) is 6.23 Å². The Hall–Kier alpha value is -0.900. The van der Waals surface area contributed by atoms with E-state index in [0.717, 1.165) is 19.3 Å². The molecule has 15 heavy (non-hydrogen) atoms. The molecule has 0 spiro atoms. The predicted molar refractivity (Wildman–Crippen MR) is 60.1 cm³/mol. The van der Waals surface area contributed by atoms with Gasteiger partial charge >= 0.3 is 0 Å². The quantitative estimate of drug-likeness (QED) is 0.409. The summed E-state index contributed by atoms with van der Waals surface area (Å²) in [6, 6.07) is 10.4. The van der Waals surface area contributed by atoms with Crippen molar-refractivity contribution in [1.29, 1.82) is 0 Å². The SMILES string of the molecule is CC(O)NOCCCCc1ccccc1. The molecule has 1 aromatic rings. The molecule has 3 nitrogen and oxygen atoms in total. The van der Waals surface area contributed by atoms with Gasteiger partial charge in [0.15, 0.2) is 0 Å². The zero-order chi connectivity index (χ0) is 10.9. The van der Waals surface area contributed by atoms with Crippen molar-refractivity contribution in [2.24, 2.45) is 0 Å². The third-order valence-corrected chi connectivity index (χ3v) is 2.06.